The third-order valence-corrected chi connectivity index (χ3v) is 3.89. The molecule has 4 nitrogen and oxygen atoms in total. The summed E-state index contributed by atoms with van der Waals surface area (Å²) in [5.41, 5.74) is 1.96. The molecule has 5 heteroatoms. The van der Waals surface area contributed by atoms with Gasteiger partial charge in [-0.05, 0) is 36.2 Å². The number of benzene rings is 1. The smallest absolute Gasteiger partial charge is 0.290 e. The van der Waals surface area contributed by atoms with Gasteiger partial charge in [0, 0.05) is 12.2 Å². The van der Waals surface area contributed by atoms with Gasteiger partial charge in [0.2, 0.25) is 0 Å². The van der Waals surface area contributed by atoms with Crippen molar-refractivity contribution in [3.05, 3.63) is 29.8 Å². The largest absolute Gasteiger partial charge is 0.365 e. The Kier molecular flexibility index (Phi) is 4.14. The first-order valence-corrected chi connectivity index (χ1v) is 7.21. The van der Waals surface area contributed by atoms with Crippen LogP contribution >= 0.6 is 11.8 Å². The molecule has 1 atom stereocenters. The van der Waals surface area contributed by atoms with Crippen molar-refractivity contribution in [1.82, 2.24) is 4.90 Å². The lowest BCUT2D eigenvalue weighted by Gasteiger charge is -2.17. The van der Waals surface area contributed by atoms with Crippen LogP contribution in [0, 0.1) is 12.8 Å². The van der Waals surface area contributed by atoms with Gasteiger partial charge in [0.25, 0.3) is 11.1 Å². The second-order valence-corrected chi connectivity index (χ2v) is 6.12. The van der Waals surface area contributed by atoms with Crippen molar-refractivity contribution >= 4 is 28.6 Å². The minimum atomic E-state index is -0.507. The lowest BCUT2D eigenvalue weighted by Crippen LogP contribution is -2.36. The van der Waals surface area contributed by atoms with Gasteiger partial charge in [-0.2, -0.15) is 0 Å². The van der Waals surface area contributed by atoms with Crippen LogP contribution in [0.5, 0.6) is 0 Å². The van der Waals surface area contributed by atoms with Crippen molar-refractivity contribution in [2.75, 3.05) is 11.9 Å². The number of rotatable bonds is 4. The highest BCUT2D eigenvalue weighted by Gasteiger charge is 2.39. The maximum atomic E-state index is 12.2. The molecule has 0 aliphatic carbocycles. The van der Waals surface area contributed by atoms with E-state index in [2.05, 4.69) is 5.32 Å². The number of hydrogen-bond acceptors (Lipinski definition) is 4. The van der Waals surface area contributed by atoms with Crippen LogP contribution in [0.2, 0.25) is 0 Å². The van der Waals surface area contributed by atoms with E-state index >= 15 is 0 Å². The van der Waals surface area contributed by atoms with Gasteiger partial charge < -0.3 is 5.32 Å². The molecule has 1 aliphatic rings. The van der Waals surface area contributed by atoms with Crippen LogP contribution in [0.4, 0.5) is 10.5 Å². The highest BCUT2D eigenvalue weighted by Crippen LogP contribution is 2.29. The quantitative estimate of drug-likeness (QED) is 0.919. The number of thioether (sulfide) groups is 1. The number of imide groups is 1. The fourth-order valence-corrected chi connectivity index (χ4v) is 2.85. The third-order valence-electron chi connectivity index (χ3n) is 2.91. The highest BCUT2D eigenvalue weighted by molar-refractivity contribution is 8.15. The lowest BCUT2D eigenvalue weighted by atomic mass is 10.2. The summed E-state index contributed by atoms with van der Waals surface area (Å²) in [6.45, 7) is 6.44. The number of carbonyl (C=O) groups excluding carboxylic acids is 2. The Bertz CT molecular complexity index is 502. The van der Waals surface area contributed by atoms with E-state index in [1.54, 1.807) is 0 Å². The van der Waals surface area contributed by atoms with Crippen LogP contribution in [-0.2, 0) is 4.79 Å². The molecule has 2 amide bonds. The van der Waals surface area contributed by atoms with Gasteiger partial charge >= 0.3 is 0 Å². The van der Waals surface area contributed by atoms with E-state index in [1.165, 1.54) is 4.90 Å². The zero-order valence-electron chi connectivity index (χ0n) is 11.3. The molecule has 1 aliphatic heterocycles. The first-order chi connectivity index (χ1) is 8.99. The van der Waals surface area contributed by atoms with Gasteiger partial charge in [-0.25, -0.2) is 0 Å². The number of nitrogens with one attached hydrogen (secondary N) is 1. The molecule has 0 saturated carbocycles. The second-order valence-electron chi connectivity index (χ2n) is 5.07. The van der Waals surface area contributed by atoms with Crippen molar-refractivity contribution in [3.8, 4) is 0 Å². The normalized spacial score (nSPS) is 19.4. The summed E-state index contributed by atoms with van der Waals surface area (Å²) in [6.07, 6.45) is 0. The Hall–Kier alpha value is -1.49. The minimum absolute atomic E-state index is 0.146. The van der Waals surface area contributed by atoms with Crippen molar-refractivity contribution in [3.63, 3.8) is 0 Å². The van der Waals surface area contributed by atoms with E-state index in [9.17, 15) is 9.59 Å². The summed E-state index contributed by atoms with van der Waals surface area (Å²) in [5.74, 6) is 0.137. The number of aryl methyl sites for hydroxylation is 1. The summed E-state index contributed by atoms with van der Waals surface area (Å²) in [7, 11) is 0. The van der Waals surface area contributed by atoms with Gasteiger partial charge in [0.05, 0.1) is 0 Å². The highest BCUT2D eigenvalue weighted by atomic mass is 32.2. The summed E-state index contributed by atoms with van der Waals surface area (Å²) >= 11 is 1.05. The Morgan fingerprint density at radius 1 is 1.32 bits per heavy atom. The Labute approximate surface area is 117 Å². The zero-order valence-corrected chi connectivity index (χ0v) is 12.2. The maximum absolute atomic E-state index is 12.2. The fourth-order valence-electron chi connectivity index (χ4n) is 1.94. The van der Waals surface area contributed by atoms with E-state index < -0.39 is 5.37 Å². The molecule has 102 valence electrons. The summed E-state index contributed by atoms with van der Waals surface area (Å²) in [4.78, 5) is 25.4. The van der Waals surface area contributed by atoms with Crippen LogP contribution in [0.15, 0.2) is 24.3 Å². The van der Waals surface area contributed by atoms with Crippen molar-refractivity contribution < 1.29 is 9.59 Å². The first kappa shape index (κ1) is 13.9. The molecule has 19 heavy (non-hydrogen) atoms. The fraction of sp³-hybridized carbons (Fsp3) is 0.429. The van der Waals surface area contributed by atoms with Crippen LogP contribution < -0.4 is 5.32 Å². The monoisotopic (exact) mass is 278 g/mol. The molecule has 2 rings (SSSR count). The number of carbonyl (C=O) groups is 2. The van der Waals surface area contributed by atoms with Gasteiger partial charge in [0.1, 0.15) is 0 Å². The number of hydrogen-bond donors (Lipinski definition) is 1. The average molecular weight is 278 g/mol. The Morgan fingerprint density at radius 3 is 2.63 bits per heavy atom. The molecular formula is C14H18N2O2S. The SMILES string of the molecule is Cc1ccccc1N[C@@H]1SC(=O)N(CC(C)C)C1=O. The molecule has 0 aromatic heterocycles. The summed E-state index contributed by atoms with van der Waals surface area (Å²) < 4.78 is 0. The van der Waals surface area contributed by atoms with Crippen LogP contribution in [0.3, 0.4) is 0 Å². The van der Waals surface area contributed by atoms with Crippen LogP contribution in [-0.4, -0.2) is 28.0 Å². The maximum Gasteiger partial charge on any atom is 0.290 e. The standard InChI is InChI=1S/C14H18N2O2S/c1-9(2)8-16-13(17)12(19-14(16)18)15-11-7-5-4-6-10(11)3/h4-7,9,12,15H,8H2,1-3H3/t12-/m1/s1. The van der Waals surface area contributed by atoms with E-state index in [0.29, 0.717) is 6.54 Å². The molecule has 1 aromatic carbocycles. The summed E-state index contributed by atoms with van der Waals surface area (Å²) in [6, 6.07) is 7.74. The van der Waals surface area contributed by atoms with Gasteiger partial charge in [-0.1, -0.05) is 32.0 Å². The van der Waals surface area contributed by atoms with Gasteiger partial charge in [-0.3, -0.25) is 14.5 Å². The van der Waals surface area contributed by atoms with Crippen molar-refractivity contribution in [2.24, 2.45) is 5.92 Å². The Morgan fingerprint density at radius 2 is 2.00 bits per heavy atom. The topological polar surface area (TPSA) is 49.4 Å². The molecule has 1 fully saturated rings. The van der Waals surface area contributed by atoms with Crippen LogP contribution in [0.1, 0.15) is 19.4 Å². The molecule has 1 aromatic rings. The van der Waals surface area contributed by atoms with E-state index in [4.69, 9.17) is 0 Å². The summed E-state index contributed by atoms with van der Waals surface area (Å²) in [5, 5.41) is 2.47. The Balaban J connectivity index is 2.09. The predicted octanol–water partition coefficient (Wildman–Crippen LogP) is 3.08. The van der Waals surface area contributed by atoms with Crippen molar-refractivity contribution in [2.45, 2.75) is 26.1 Å². The van der Waals surface area contributed by atoms with Gasteiger partial charge in [-0.15, -0.1) is 0 Å². The molecule has 0 radical (unpaired) electrons. The average Bonchev–Trinajstić information content (AvgIpc) is 2.60. The number of amides is 2. The molecular weight excluding hydrogens is 260 g/mol. The first-order valence-electron chi connectivity index (χ1n) is 6.33. The van der Waals surface area contributed by atoms with Crippen LogP contribution in [0.25, 0.3) is 0 Å². The minimum Gasteiger partial charge on any atom is -0.365 e. The van der Waals surface area contributed by atoms with Crippen molar-refractivity contribution in [1.29, 1.82) is 0 Å². The number of anilines is 1. The van der Waals surface area contributed by atoms with Gasteiger partial charge in [0.15, 0.2) is 5.37 Å². The number of nitrogens with zero attached hydrogens (tertiary/aromatic N) is 1. The molecule has 0 bridgehead atoms. The molecule has 1 N–H and O–H groups in total. The molecule has 0 spiro atoms. The molecule has 1 heterocycles. The lowest BCUT2D eigenvalue weighted by molar-refractivity contribution is -0.126. The third kappa shape index (κ3) is 3.10. The number of para-hydroxylation sites is 1. The zero-order chi connectivity index (χ0) is 14.0. The van der Waals surface area contributed by atoms with E-state index in [-0.39, 0.29) is 17.1 Å². The second kappa shape index (κ2) is 5.65. The predicted molar refractivity (Wildman–Crippen MR) is 78.1 cm³/mol. The van der Waals surface area contributed by atoms with E-state index in [0.717, 1.165) is 23.0 Å². The van der Waals surface area contributed by atoms with E-state index in [1.807, 2.05) is 45.0 Å². The molecule has 0 unspecified atom stereocenters. The molecule has 1 saturated heterocycles.